The van der Waals surface area contributed by atoms with Crippen molar-refractivity contribution in [3.05, 3.63) is 69.7 Å². The summed E-state index contributed by atoms with van der Waals surface area (Å²) in [7, 11) is 0. The van der Waals surface area contributed by atoms with Crippen LogP contribution < -0.4 is 5.73 Å². The topological polar surface area (TPSA) is 67.6 Å². The number of aryl methyl sites for hydroxylation is 1. The van der Waals surface area contributed by atoms with Crippen LogP contribution in [0.1, 0.15) is 34.5 Å². The van der Waals surface area contributed by atoms with Crippen molar-refractivity contribution in [1.82, 2.24) is 15.0 Å². The van der Waals surface area contributed by atoms with Crippen LogP contribution in [0.4, 0.5) is 4.39 Å². The Balaban J connectivity index is 1.71. The van der Waals surface area contributed by atoms with Gasteiger partial charge in [0.05, 0.1) is 11.1 Å². The summed E-state index contributed by atoms with van der Waals surface area (Å²) in [6, 6.07) is 4.04. The lowest BCUT2D eigenvalue weighted by molar-refractivity contribution is 0.523. The summed E-state index contributed by atoms with van der Waals surface area (Å²) in [6.45, 7) is 2.53. The van der Waals surface area contributed by atoms with E-state index in [2.05, 4.69) is 23.0 Å². The lowest BCUT2D eigenvalue weighted by atomic mass is 9.82. The molecule has 1 unspecified atom stereocenters. The number of thiazole rings is 1. The molecule has 26 heavy (non-hydrogen) atoms. The van der Waals surface area contributed by atoms with Crippen molar-refractivity contribution in [2.75, 3.05) is 6.54 Å². The van der Waals surface area contributed by atoms with Crippen LogP contribution in [0.5, 0.6) is 0 Å². The molecule has 3 N–H and O–H groups in total. The second-order valence-corrected chi connectivity index (χ2v) is 7.70. The van der Waals surface area contributed by atoms with E-state index in [0.717, 1.165) is 34.6 Å². The molecule has 0 spiro atoms. The van der Waals surface area contributed by atoms with Gasteiger partial charge in [-0.3, -0.25) is 0 Å². The Morgan fingerprint density at radius 2 is 2.31 bits per heavy atom. The molecule has 0 aliphatic heterocycles. The average Bonchev–Trinajstić information content (AvgIpc) is 3.28. The highest BCUT2D eigenvalue weighted by atomic mass is 32.1. The van der Waals surface area contributed by atoms with Crippen molar-refractivity contribution in [1.29, 1.82) is 0 Å². The summed E-state index contributed by atoms with van der Waals surface area (Å²) in [5.74, 6) is -0.201. The van der Waals surface area contributed by atoms with Gasteiger partial charge < -0.3 is 10.7 Å². The molecule has 6 heteroatoms. The zero-order valence-corrected chi connectivity index (χ0v) is 15.4. The standard InChI is InChI=1S/C20H21FN4S/c1-2-16-17(10-13-11-24-18-15(13)4-3-9-23-18)26-19(25-16)20(12-22)7-5-14(21)6-8-20/h3-7,9,11H,2,8,10,12,22H2,1H3,(H,23,24). The third-order valence-electron chi connectivity index (χ3n) is 5.01. The highest BCUT2D eigenvalue weighted by molar-refractivity contribution is 7.12. The van der Waals surface area contributed by atoms with Crippen LogP contribution in [-0.2, 0) is 18.3 Å². The fraction of sp³-hybridized carbons (Fsp3) is 0.300. The monoisotopic (exact) mass is 368 g/mol. The zero-order valence-electron chi connectivity index (χ0n) is 14.6. The van der Waals surface area contributed by atoms with E-state index in [1.165, 1.54) is 16.5 Å². The first-order valence-electron chi connectivity index (χ1n) is 8.80. The Hall–Kier alpha value is -2.31. The third kappa shape index (κ3) is 2.89. The summed E-state index contributed by atoms with van der Waals surface area (Å²) >= 11 is 1.69. The van der Waals surface area contributed by atoms with Crippen molar-refractivity contribution in [3.63, 3.8) is 0 Å². The predicted molar refractivity (Wildman–Crippen MR) is 104 cm³/mol. The fourth-order valence-corrected chi connectivity index (χ4v) is 4.76. The van der Waals surface area contributed by atoms with Gasteiger partial charge in [0.1, 0.15) is 16.5 Å². The van der Waals surface area contributed by atoms with Crippen molar-refractivity contribution >= 4 is 22.4 Å². The molecule has 4 nitrogen and oxygen atoms in total. The first kappa shape index (κ1) is 17.1. The van der Waals surface area contributed by atoms with Crippen LogP contribution >= 0.6 is 11.3 Å². The maximum Gasteiger partial charge on any atom is 0.137 e. The molecular weight excluding hydrogens is 347 g/mol. The summed E-state index contributed by atoms with van der Waals surface area (Å²) < 4.78 is 13.4. The van der Waals surface area contributed by atoms with Gasteiger partial charge >= 0.3 is 0 Å². The Bertz CT molecular complexity index is 1000. The van der Waals surface area contributed by atoms with Gasteiger partial charge in [0.15, 0.2) is 0 Å². The first-order chi connectivity index (χ1) is 12.6. The van der Waals surface area contributed by atoms with Gasteiger partial charge in [-0.2, -0.15) is 0 Å². The van der Waals surface area contributed by atoms with E-state index < -0.39 is 5.41 Å². The number of nitrogens with two attached hydrogens (primary N) is 1. The molecule has 0 amide bonds. The minimum Gasteiger partial charge on any atom is -0.346 e. The zero-order chi connectivity index (χ0) is 18.1. The number of fused-ring (bicyclic) bond motifs is 1. The number of pyridine rings is 1. The minimum atomic E-state index is -0.399. The van der Waals surface area contributed by atoms with Crippen LogP contribution in [-0.4, -0.2) is 21.5 Å². The number of hydrogen-bond donors (Lipinski definition) is 2. The smallest absolute Gasteiger partial charge is 0.137 e. The van der Waals surface area contributed by atoms with Crippen LogP contribution in [0.2, 0.25) is 0 Å². The SMILES string of the molecule is CCc1nc(C2(CN)C=CC(F)=CC2)sc1Cc1c[nH]c2ncccc12. The molecule has 3 heterocycles. The maximum atomic E-state index is 13.4. The maximum absolute atomic E-state index is 13.4. The Morgan fingerprint density at radius 1 is 1.42 bits per heavy atom. The molecule has 1 aliphatic rings. The van der Waals surface area contributed by atoms with Crippen LogP contribution in [0, 0.1) is 0 Å². The number of nitrogens with zero attached hydrogens (tertiary/aromatic N) is 2. The second kappa shape index (κ2) is 6.78. The number of aromatic amines is 1. The summed E-state index contributed by atoms with van der Waals surface area (Å²) in [5, 5.41) is 2.12. The van der Waals surface area contributed by atoms with Gasteiger partial charge in [-0.25, -0.2) is 14.4 Å². The molecule has 3 aromatic heterocycles. The fourth-order valence-electron chi connectivity index (χ4n) is 3.39. The minimum absolute atomic E-state index is 0.201. The molecule has 0 aromatic carbocycles. The molecule has 0 radical (unpaired) electrons. The number of H-pyrrole nitrogens is 1. The van der Waals surface area contributed by atoms with E-state index in [1.807, 2.05) is 18.3 Å². The quantitative estimate of drug-likeness (QED) is 0.710. The van der Waals surface area contributed by atoms with Crippen molar-refractivity contribution in [2.45, 2.75) is 31.6 Å². The lowest BCUT2D eigenvalue weighted by Gasteiger charge is -2.27. The van der Waals surface area contributed by atoms with Gasteiger partial charge in [-0.05, 0) is 42.7 Å². The van der Waals surface area contributed by atoms with Gasteiger partial charge in [0, 0.05) is 35.6 Å². The molecule has 0 saturated carbocycles. The van der Waals surface area contributed by atoms with Gasteiger partial charge in [-0.15, -0.1) is 11.3 Å². The molecule has 1 atom stereocenters. The predicted octanol–water partition coefficient (Wildman–Crippen LogP) is 4.18. The molecule has 3 aromatic rings. The van der Waals surface area contributed by atoms with Gasteiger partial charge in [-0.1, -0.05) is 13.0 Å². The third-order valence-corrected chi connectivity index (χ3v) is 6.33. The molecular formula is C20H21FN4S. The second-order valence-electron chi connectivity index (χ2n) is 6.62. The van der Waals surface area contributed by atoms with E-state index in [9.17, 15) is 4.39 Å². The van der Waals surface area contributed by atoms with Crippen molar-refractivity contribution in [2.24, 2.45) is 5.73 Å². The van der Waals surface area contributed by atoms with Crippen molar-refractivity contribution < 1.29 is 4.39 Å². The Labute approximate surface area is 155 Å². The molecule has 4 rings (SSSR count). The average molecular weight is 368 g/mol. The van der Waals surface area contributed by atoms with Crippen LogP contribution in [0.25, 0.3) is 11.0 Å². The van der Waals surface area contributed by atoms with E-state index >= 15 is 0 Å². The van der Waals surface area contributed by atoms with Crippen LogP contribution in [0.3, 0.4) is 0 Å². The van der Waals surface area contributed by atoms with Gasteiger partial charge in [0.25, 0.3) is 0 Å². The van der Waals surface area contributed by atoms with Crippen molar-refractivity contribution in [3.8, 4) is 0 Å². The summed E-state index contributed by atoms with van der Waals surface area (Å²) in [6.07, 6.45) is 11.0. The molecule has 0 saturated heterocycles. The molecule has 134 valence electrons. The number of hydrogen-bond acceptors (Lipinski definition) is 4. The Morgan fingerprint density at radius 3 is 3.04 bits per heavy atom. The number of rotatable bonds is 5. The van der Waals surface area contributed by atoms with Crippen LogP contribution in [0.15, 0.2) is 48.6 Å². The first-order valence-corrected chi connectivity index (χ1v) is 9.62. The Kier molecular flexibility index (Phi) is 4.46. The summed E-state index contributed by atoms with van der Waals surface area (Å²) in [5.41, 5.74) is 8.89. The molecule has 0 fully saturated rings. The lowest BCUT2D eigenvalue weighted by Crippen LogP contribution is -2.33. The summed E-state index contributed by atoms with van der Waals surface area (Å²) in [4.78, 5) is 13.7. The highest BCUT2D eigenvalue weighted by Crippen LogP contribution is 2.38. The molecule has 1 aliphatic carbocycles. The molecule has 0 bridgehead atoms. The highest BCUT2D eigenvalue weighted by Gasteiger charge is 2.33. The number of halogens is 1. The number of aromatic nitrogens is 3. The largest absolute Gasteiger partial charge is 0.346 e. The van der Waals surface area contributed by atoms with E-state index in [1.54, 1.807) is 23.6 Å². The number of nitrogens with one attached hydrogen (secondary N) is 1. The normalized spacial score (nSPS) is 19.9. The van der Waals surface area contributed by atoms with E-state index in [4.69, 9.17) is 10.7 Å². The van der Waals surface area contributed by atoms with E-state index in [-0.39, 0.29) is 5.83 Å². The number of allylic oxidation sites excluding steroid dienone is 3. The van der Waals surface area contributed by atoms with E-state index in [0.29, 0.717) is 13.0 Å². The van der Waals surface area contributed by atoms with Gasteiger partial charge in [0.2, 0.25) is 0 Å².